The largest absolute Gasteiger partial charge is 0.351 e. The molecule has 0 radical (unpaired) electrons. The summed E-state index contributed by atoms with van der Waals surface area (Å²) in [5.74, 6) is 0.0185. The Labute approximate surface area is 132 Å². The zero-order valence-corrected chi connectivity index (χ0v) is 12.7. The molecule has 1 amide bonds. The molecule has 2 aromatic rings. The lowest BCUT2D eigenvalue weighted by atomic mass is 9.77. The van der Waals surface area contributed by atoms with Crippen LogP contribution in [0.1, 0.15) is 49.4 Å². The monoisotopic (exact) mass is 295 g/mol. The third-order valence-electron chi connectivity index (χ3n) is 4.58. The number of amides is 1. The van der Waals surface area contributed by atoms with Crippen LogP contribution in [0.4, 0.5) is 0 Å². The fraction of sp³-hybridized carbons (Fsp3) is 0.278. The molecule has 0 saturated heterocycles. The Kier molecular flexibility index (Phi) is 2.70. The lowest BCUT2D eigenvalue weighted by Gasteiger charge is -2.33. The summed E-state index contributed by atoms with van der Waals surface area (Å²) in [5.41, 5.74) is 6.30. The normalized spacial score (nSPS) is 18.3. The van der Waals surface area contributed by atoms with E-state index in [0.29, 0.717) is 6.54 Å². The van der Waals surface area contributed by atoms with Crippen LogP contribution in [0.5, 0.6) is 0 Å². The van der Waals surface area contributed by atoms with Crippen LogP contribution in [0, 0.1) is 0 Å². The molecular formula is C18H21N3O. The molecule has 0 spiro atoms. The number of rotatable bonds is 1. The van der Waals surface area contributed by atoms with Gasteiger partial charge in [-0.15, -0.1) is 0 Å². The molecule has 1 N–H and O–H groups in total. The van der Waals surface area contributed by atoms with Gasteiger partial charge in [0, 0.05) is 38.6 Å². The Hall–Kier alpha value is -2.49. The summed E-state index contributed by atoms with van der Waals surface area (Å²) in [4.78, 5) is 20.5. The van der Waals surface area contributed by atoms with E-state index in [2.05, 4.69) is 41.3 Å². The van der Waals surface area contributed by atoms with Gasteiger partial charge in [0.25, 0.3) is 5.91 Å². The molecule has 2 heterocycles. The lowest BCUT2D eigenvalue weighted by Crippen LogP contribution is -2.43. The summed E-state index contributed by atoms with van der Waals surface area (Å²) >= 11 is 0. The summed E-state index contributed by atoms with van der Waals surface area (Å²) in [6, 6.07) is 6.11. The van der Waals surface area contributed by atoms with Crippen LogP contribution in [0.3, 0.4) is 0 Å². The molecule has 1 aliphatic carbocycles. The van der Waals surface area contributed by atoms with Gasteiger partial charge >= 0.3 is 0 Å². The summed E-state index contributed by atoms with van der Waals surface area (Å²) in [6.45, 7) is 4.99. The number of aromatic nitrogens is 2. The van der Waals surface area contributed by atoms with Crippen molar-refractivity contribution in [2.24, 2.45) is 0 Å². The minimum atomic E-state index is -0.0611. The van der Waals surface area contributed by atoms with E-state index >= 15 is 0 Å². The van der Waals surface area contributed by atoms with Crippen molar-refractivity contribution in [3.8, 4) is 0 Å². The molecule has 1 aromatic heterocycles. The van der Waals surface area contributed by atoms with Crippen molar-refractivity contribution < 1.29 is 7.65 Å². The Morgan fingerprint density at radius 3 is 3.00 bits per heavy atom. The molecule has 0 atom stereocenters. The van der Waals surface area contributed by atoms with E-state index in [1.807, 2.05) is 18.3 Å². The van der Waals surface area contributed by atoms with Crippen LogP contribution in [0.15, 0.2) is 36.8 Å². The van der Waals surface area contributed by atoms with Crippen molar-refractivity contribution in [1.29, 1.82) is 0 Å². The van der Waals surface area contributed by atoms with E-state index in [4.69, 9.17) is 0 Å². The Morgan fingerprint density at radius 2 is 2.14 bits per heavy atom. The quantitative estimate of drug-likeness (QED) is 0.880. The van der Waals surface area contributed by atoms with Gasteiger partial charge in [0.2, 0.25) is 0 Å². The zero-order chi connectivity index (χ0) is 15.3. The van der Waals surface area contributed by atoms with E-state index in [1.165, 1.54) is 5.57 Å². The van der Waals surface area contributed by atoms with Crippen LogP contribution in [-0.4, -0.2) is 22.4 Å². The van der Waals surface area contributed by atoms with Gasteiger partial charge in [0.15, 0.2) is 0 Å². The molecule has 0 unspecified atom stereocenters. The number of fused-ring (bicyclic) bond motifs is 2. The van der Waals surface area contributed by atoms with Crippen LogP contribution in [-0.2, 0) is 11.8 Å². The van der Waals surface area contributed by atoms with Crippen LogP contribution in [0.2, 0.25) is 0 Å². The van der Waals surface area contributed by atoms with Gasteiger partial charge in [-0.3, -0.25) is 4.79 Å². The van der Waals surface area contributed by atoms with Crippen molar-refractivity contribution in [1.82, 2.24) is 15.3 Å². The Bertz CT molecular complexity index is 831. The van der Waals surface area contributed by atoms with E-state index in [-0.39, 0.29) is 14.2 Å². The van der Waals surface area contributed by atoms with E-state index in [9.17, 15) is 4.79 Å². The molecule has 0 saturated carbocycles. The average Bonchev–Trinajstić information content (AvgIpc) is 2.95. The number of carbonyl (C=O) groups is 1. The van der Waals surface area contributed by atoms with Crippen LogP contribution in [0.25, 0.3) is 5.57 Å². The van der Waals surface area contributed by atoms with Gasteiger partial charge in [-0.2, -0.15) is 0 Å². The Morgan fingerprint density at radius 1 is 1.27 bits per heavy atom. The van der Waals surface area contributed by atoms with Crippen molar-refractivity contribution in [3.63, 3.8) is 0 Å². The van der Waals surface area contributed by atoms with Gasteiger partial charge in [-0.05, 0) is 28.8 Å². The molecule has 4 nitrogen and oxygen atoms in total. The summed E-state index contributed by atoms with van der Waals surface area (Å²) in [7, 11) is 0. The third-order valence-corrected chi connectivity index (χ3v) is 4.58. The second-order valence-electron chi connectivity index (χ2n) is 6.53. The van der Waals surface area contributed by atoms with E-state index in [1.54, 1.807) is 6.33 Å². The van der Waals surface area contributed by atoms with Gasteiger partial charge in [0.1, 0.15) is 6.33 Å². The standard InChI is InChI=1S/C18H17N3O.2H2/c1-18(2)9-20-17(22)13-4-3-11(7-15(13)18)12-5-6-16-14(12)8-19-10-21-16;;/h3-5,7-8,10H,6,9H2,1-2H3,(H,20,22);2*1H. The van der Waals surface area contributed by atoms with E-state index < -0.39 is 0 Å². The highest BCUT2D eigenvalue weighted by Crippen LogP contribution is 2.36. The number of nitrogens with one attached hydrogen (secondary N) is 1. The highest BCUT2D eigenvalue weighted by molar-refractivity contribution is 5.98. The van der Waals surface area contributed by atoms with Gasteiger partial charge in [-0.25, -0.2) is 9.97 Å². The van der Waals surface area contributed by atoms with Crippen molar-refractivity contribution >= 4 is 11.5 Å². The predicted molar refractivity (Wildman–Crippen MR) is 88.8 cm³/mol. The number of hydrogen-bond donors (Lipinski definition) is 1. The molecule has 22 heavy (non-hydrogen) atoms. The maximum atomic E-state index is 12.1. The fourth-order valence-corrected chi connectivity index (χ4v) is 3.29. The summed E-state index contributed by atoms with van der Waals surface area (Å²) in [5, 5.41) is 2.96. The number of allylic oxidation sites excluding steroid dienone is 1. The maximum Gasteiger partial charge on any atom is 0.251 e. The number of hydrogen-bond acceptors (Lipinski definition) is 3. The third kappa shape index (κ3) is 1.87. The first kappa shape index (κ1) is 13.2. The topological polar surface area (TPSA) is 54.9 Å². The molecule has 1 aliphatic heterocycles. The van der Waals surface area contributed by atoms with Crippen molar-refractivity contribution in [2.75, 3.05) is 6.54 Å². The molecule has 114 valence electrons. The van der Waals surface area contributed by atoms with Gasteiger partial charge in [0.05, 0.1) is 5.69 Å². The minimum Gasteiger partial charge on any atom is -0.351 e. The smallest absolute Gasteiger partial charge is 0.251 e. The second kappa shape index (κ2) is 4.50. The van der Waals surface area contributed by atoms with Gasteiger partial charge in [-0.1, -0.05) is 26.0 Å². The zero-order valence-electron chi connectivity index (χ0n) is 12.7. The molecule has 1 aromatic carbocycles. The first-order chi connectivity index (χ1) is 10.6. The maximum absolute atomic E-state index is 12.1. The van der Waals surface area contributed by atoms with Crippen LogP contribution >= 0.6 is 0 Å². The number of nitrogens with zero attached hydrogens (tertiary/aromatic N) is 2. The number of carbonyl (C=O) groups excluding carboxylic acids is 1. The van der Waals surface area contributed by atoms with Crippen molar-refractivity contribution in [2.45, 2.75) is 25.7 Å². The SMILES string of the molecule is CC1(C)CNC(=O)c2ccc(C3=CCc4ncncc43)cc21.[HH].[HH]. The highest BCUT2D eigenvalue weighted by Gasteiger charge is 2.32. The molecule has 0 bridgehead atoms. The minimum absolute atomic E-state index is 0. The molecular weight excluding hydrogens is 274 g/mol. The Balaban J connectivity index is 0.00000104. The fourth-order valence-electron chi connectivity index (χ4n) is 3.29. The first-order valence-electron chi connectivity index (χ1n) is 7.49. The number of benzene rings is 1. The summed E-state index contributed by atoms with van der Waals surface area (Å²) in [6.07, 6.45) is 6.50. The highest BCUT2D eigenvalue weighted by atomic mass is 16.1. The lowest BCUT2D eigenvalue weighted by molar-refractivity contribution is 0.0930. The molecule has 2 aliphatic rings. The van der Waals surface area contributed by atoms with Gasteiger partial charge < -0.3 is 5.32 Å². The summed E-state index contributed by atoms with van der Waals surface area (Å²) < 4.78 is 0. The predicted octanol–water partition coefficient (Wildman–Crippen LogP) is 2.98. The first-order valence-corrected chi connectivity index (χ1v) is 7.49. The molecule has 0 fully saturated rings. The average molecular weight is 295 g/mol. The molecule has 4 heteroatoms. The van der Waals surface area contributed by atoms with E-state index in [0.717, 1.165) is 34.4 Å². The van der Waals surface area contributed by atoms with Crippen LogP contribution < -0.4 is 5.32 Å². The molecule has 4 rings (SSSR count). The van der Waals surface area contributed by atoms with Crippen molar-refractivity contribution in [3.05, 3.63) is 64.7 Å². The second-order valence-corrected chi connectivity index (χ2v) is 6.53.